The first-order valence-electron chi connectivity index (χ1n) is 14.2. The van der Waals surface area contributed by atoms with E-state index in [1.54, 1.807) is 23.1 Å². The van der Waals surface area contributed by atoms with Crippen LogP contribution in [0, 0.1) is 0 Å². The predicted octanol–water partition coefficient (Wildman–Crippen LogP) is 5.87. The second kappa shape index (κ2) is 12.4. The minimum absolute atomic E-state index is 0.00348. The lowest BCUT2D eigenvalue weighted by Gasteiger charge is -2.37. The van der Waals surface area contributed by atoms with Gasteiger partial charge >= 0.3 is 0 Å². The predicted molar refractivity (Wildman–Crippen MR) is 151 cm³/mol. The van der Waals surface area contributed by atoms with E-state index in [4.69, 9.17) is 9.47 Å². The standard InChI is InChI=1S/C32H39N3O4/c1-3-24(2)34(32(37)26-16-17-29-30(19-26)39-23-38-29)22-31(36)35(27-13-8-5-9-14-27)21-28-15-10-18-33(28)20-25-11-6-4-7-12-25/h4,6-7,10-12,15-19,24,27H,3,5,8-9,13-14,20-23H2,1-2H3. The molecule has 2 heterocycles. The summed E-state index contributed by atoms with van der Waals surface area (Å²) in [4.78, 5) is 31.5. The van der Waals surface area contributed by atoms with E-state index >= 15 is 0 Å². The molecule has 1 aliphatic carbocycles. The highest BCUT2D eigenvalue weighted by Crippen LogP contribution is 2.33. The molecule has 1 aromatic heterocycles. The number of benzene rings is 2. The molecule has 7 heteroatoms. The Morgan fingerprint density at radius 2 is 1.74 bits per heavy atom. The van der Waals surface area contributed by atoms with Crippen LogP contribution in [0.2, 0.25) is 0 Å². The summed E-state index contributed by atoms with van der Waals surface area (Å²) in [7, 11) is 0. The second-order valence-electron chi connectivity index (χ2n) is 10.7. The Balaban J connectivity index is 1.37. The highest BCUT2D eigenvalue weighted by atomic mass is 16.7. The molecule has 0 bridgehead atoms. The lowest BCUT2D eigenvalue weighted by Crippen LogP contribution is -2.49. The Kier molecular flexibility index (Phi) is 8.54. The number of ether oxygens (including phenoxy) is 2. The maximum atomic E-state index is 14.1. The third-order valence-corrected chi connectivity index (χ3v) is 8.10. The van der Waals surface area contributed by atoms with Gasteiger partial charge in [-0.3, -0.25) is 9.59 Å². The van der Waals surface area contributed by atoms with Crippen molar-refractivity contribution in [1.29, 1.82) is 0 Å². The van der Waals surface area contributed by atoms with Gasteiger partial charge < -0.3 is 23.8 Å². The van der Waals surface area contributed by atoms with Crippen molar-refractivity contribution >= 4 is 11.8 Å². The van der Waals surface area contributed by atoms with Crippen molar-refractivity contribution in [3.63, 3.8) is 0 Å². The van der Waals surface area contributed by atoms with E-state index in [1.165, 1.54) is 12.0 Å². The van der Waals surface area contributed by atoms with Gasteiger partial charge in [0.15, 0.2) is 11.5 Å². The van der Waals surface area contributed by atoms with E-state index in [1.807, 2.05) is 24.8 Å². The zero-order chi connectivity index (χ0) is 27.2. The van der Waals surface area contributed by atoms with Crippen LogP contribution < -0.4 is 9.47 Å². The average molecular weight is 530 g/mol. The number of hydrogen-bond acceptors (Lipinski definition) is 4. The van der Waals surface area contributed by atoms with Crippen molar-refractivity contribution in [2.45, 2.75) is 77.5 Å². The molecule has 2 aliphatic rings. The first-order valence-corrected chi connectivity index (χ1v) is 14.2. The van der Waals surface area contributed by atoms with Crippen LogP contribution >= 0.6 is 0 Å². The number of hydrogen-bond donors (Lipinski definition) is 0. The van der Waals surface area contributed by atoms with Gasteiger partial charge in [-0.1, -0.05) is 56.5 Å². The number of carbonyl (C=O) groups excluding carboxylic acids is 2. The molecule has 1 atom stereocenters. The number of amides is 2. The Bertz CT molecular complexity index is 1270. The summed E-state index contributed by atoms with van der Waals surface area (Å²) in [6, 6.07) is 19.9. The van der Waals surface area contributed by atoms with Gasteiger partial charge in [0.25, 0.3) is 5.91 Å². The van der Waals surface area contributed by atoms with Crippen molar-refractivity contribution in [3.8, 4) is 11.5 Å². The molecule has 39 heavy (non-hydrogen) atoms. The van der Waals surface area contributed by atoms with Crippen LogP contribution in [-0.4, -0.2) is 51.6 Å². The van der Waals surface area contributed by atoms with E-state index in [-0.39, 0.29) is 37.2 Å². The molecule has 1 unspecified atom stereocenters. The van der Waals surface area contributed by atoms with Gasteiger partial charge in [0, 0.05) is 36.1 Å². The first kappa shape index (κ1) is 26.9. The van der Waals surface area contributed by atoms with Gasteiger partial charge in [-0.05, 0) is 62.1 Å². The van der Waals surface area contributed by atoms with Crippen LogP contribution in [-0.2, 0) is 17.9 Å². The zero-order valence-electron chi connectivity index (χ0n) is 23.1. The Morgan fingerprint density at radius 1 is 0.974 bits per heavy atom. The Hall–Kier alpha value is -3.74. The molecule has 3 aromatic rings. The molecule has 0 radical (unpaired) electrons. The fraction of sp³-hybridized carbons (Fsp3) is 0.438. The molecule has 2 amide bonds. The number of nitrogens with zero attached hydrogens (tertiary/aromatic N) is 3. The van der Waals surface area contributed by atoms with Crippen molar-refractivity contribution in [1.82, 2.24) is 14.4 Å². The maximum Gasteiger partial charge on any atom is 0.254 e. The summed E-state index contributed by atoms with van der Waals surface area (Å²) in [5.41, 5.74) is 2.84. The SMILES string of the molecule is CCC(C)N(CC(=O)N(Cc1cccn1Cc1ccccc1)C1CCCCC1)C(=O)c1ccc2c(c1)OCO2. The highest BCUT2D eigenvalue weighted by molar-refractivity contribution is 5.97. The smallest absolute Gasteiger partial charge is 0.254 e. The van der Waals surface area contributed by atoms with E-state index in [2.05, 4.69) is 47.2 Å². The normalized spacial score (nSPS) is 15.6. The van der Waals surface area contributed by atoms with Crippen LogP contribution in [0.1, 0.15) is 74.0 Å². The summed E-state index contributed by atoms with van der Waals surface area (Å²) >= 11 is 0. The largest absolute Gasteiger partial charge is 0.454 e. The second-order valence-corrected chi connectivity index (χ2v) is 10.7. The quantitative estimate of drug-likeness (QED) is 0.330. The molecule has 1 fully saturated rings. The van der Waals surface area contributed by atoms with Crippen molar-refractivity contribution in [2.75, 3.05) is 13.3 Å². The van der Waals surface area contributed by atoms with E-state index in [0.717, 1.165) is 44.3 Å². The lowest BCUT2D eigenvalue weighted by molar-refractivity contribution is -0.136. The molecule has 1 aliphatic heterocycles. The molecule has 0 saturated heterocycles. The third kappa shape index (κ3) is 6.29. The number of carbonyl (C=O) groups is 2. The number of rotatable bonds is 10. The number of aromatic nitrogens is 1. The van der Waals surface area contributed by atoms with Gasteiger partial charge in [0.2, 0.25) is 12.7 Å². The fourth-order valence-corrected chi connectivity index (χ4v) is 5.60. The van der Waals surface area contributed by atoms with E-state index in [9.17, 15) is 9.59 Å². The Morgan fingerprint density at radius 3 is 2.51 bits per heavy atom. The molecule has 5 rings (SSSR count). The summed E-state index contributed by atoms with van der Waals surface area (Å²) < 4.78 is 13.1. The van der Waals surface area contributed by atoms with Gasteiger partial charge in [0.05, 0.1) is 6.54 Å². The lowest BCUT2D eigenvalue weighted by atomic mass is 9.94. The third-order valence-electron chi connectivity index (χ3n) is 8.10. The molecule has 1 saturated carbocycles. The van der Waals surface area contributed by atoms with Crippen LogP contribution in [0.3, 0.4) is 0 Å². The van der Waals surface area contributed by atoms with Gasteiger partial charge in [-0.15, -0.1) is 0 Å². The first-order chi connectivity index (χ1) is 19.0. The molecular formula is C32H39N3O4. The average Bonchev–Trinajstić information content (AvgIpc) is 3.63. The minimum atomic E-state index is -0.160. The summed E-state index contributed by atoms with van der Waals surface area (Å²) in [6.45, 7) is 5.56. The molecule has 2 aromatic carbocycles. The minimum Gasteiger partial charge on any atom is -0.454 e. The molecule has 7 nitrogen and oxygen atoms in total. The highest BCUT2D eigenvalue weighted by Gasteiger charge is 2.31. The summed E-state index contributed by atoms with van der Waals surface area (Å²) in [5.74, 6) is 1.05. The van der Waals surface area contributed by atoms with Gasteiger partial charge in [-0.25, -0.2) is 0 Å². The monoisotopic (exact) mass is 529 g/mol. The molecule has 206 valence electrons. The molecular weight excluding hydrogens is 490 g/mol. The topological polar surface area (TPSA) is 64.0 Å². The van der Waals surface area contributed by atoms with Crippen LogP contribution in [0.15, 0.2) is 66.9 Å². The van der Waals surface area contributed by atoms with Gasteiger partial charge in [-0.2, -0.15) is 0 Å². The van der Waals surface area contributed by atoms with Crippen LogP contribution in [0.4, 0.5) is 0 Å². The van der Waals surface area contributed by atoms with Crippen LogP contribution in [0.5, 0.6) is 11.5 Å². The van der Waals surface area contributed by atoms with Crippen LogP contribution in [0.25, 0.3) is 0 Å². The van der Waals surface area contributed by atoms with Gasteiger partial charge in [0.1, 0.15) is 6.54 Å². The van der Waals surface area contributed by atoms with Crippen molar-refractivity contribution in [2.24, 2.45) is 0 Å². The van der Waals surface area contributed by atoms with E-state index in [0.29, 0.717) is 23.6 Å². The van der Waals surface area contributed by atoms with Crippen molar-refractivity contribution in [3.05, 3.63) is 83.7 Å². The Labute approximate surface area is 231 Å². The van der Waals surface area contributed by atoms with E-state index < -0.39 is 0 Å². The maximum absolute atomic E-state index is 14.1. The zero-order valence-corrected chi connectivity index (χ0v) is 23.1. The molecule has 0 N–H and O–H groups in total. The fourth-order valence-electron chi connectivity index (χ4n) is 5.60. The molecule has 0 spiro atoms. The summed E-state index contributed by atoms with van der Waals surface area (Å²) in [5, 5.41) is 0. The number of fused-ring (bicyclic) bond motifs is 1. The summed E-state index contributed by atoms with van der Waals surface area (Å²) in [6.07, 6.45) is 8.32. The van der Waals surface area contributed by atoms with Crippen molar-refractivity contribution < 1.29 is 19.1 Å².